The van der Waals surface area contributed by atoms with Crippen LogP contribution < -0.4 is 16.2 Å². The van der Waals surface area contributed by atoms with Crippen molar-refractivity contribution in [3.05, 3.63) is 32.7 Å². The van der Waals surface area contributed by atoms with E-state index in [1.54, 1.807) is 11.3 Å². The fourth-order valence-corrected chi connectivity index (χ4v) is 3.16. The van der Waals surface area contributed by atoms with Crippen molar-refractivity contribution >= 4 is 38.9 Å². The summed E-state index contributed by atoms with van der Waals surface area (Å²) in [4.78, 5) is 10.6. The first-order valence-corrected chi connectivity index (χ1v) is 7.57. The van der Waals surface area contributed by atoms with E-state index in [-0.39, 0.29) is 0 Å². The number of nitrogen functional groups attached to an aromatic ring is 1. The summed E-state index contributed by atoms with van der Waals surface area (Å²) in [6.45, 7) is 2.87. The Hall–Kier alpha value is -1.18. The Labute approximate surface area is 125 Å². The molecule has 2 aromatic rings. The fraction of sp³-hybridized carbons (Fsp3) is 0.333. The predicted octanol–water partition coefficient (Wildman–Crippen LogP) is 2.79. The molecule has 0 saturated carbocycles. The third kappa shape index (κ3) is 3.23. The summed E-state index contributed by atoms with van der Waals surface area (Å²) in [5.74, 6) is 7.08. The fourth-order valence-electron chi connectivity index (χ4n) is 1.96. The van der Waals surface area contributed by atoms with Gasteiger partial charge in [-0.25, -0.2) is 15.8 Å². The van der Waals surface area contributed by atoms with Crippen LogP contribution in [-0.4, -0.2) is 17.0 Å². The number of hydrazine groups is 1. The van der Waals surface area contributed by atoms with Crippen LogP contribution in [0.5, 0.6) is 0 Å². The van der Waals surface area contributed by atoms with E-state index in [4.69, 9.17) is 5.84 Å². The van der Waals surface area contributed by atoms with Gasteiger partial charge in [-0.15, -0.1) is 11.3 Å². The summed E-state index contributed by atoms with van der Waals surface area (Å²) in [5.41, 5.74) is 4.91. The Kier molecular flexibility index (Phi) is 4.73. The van der Waals surface area contributed by atoms with Crippen LogP contribution in [0.2, 0.25) is 0 Å². The van der Waals surface area contributed by atoms with E-state index in [0.717, 1.165) is 28.1 Å². The lowest BCUT2D eigenvalue weighted by atomic mass is 10.2. The van der Waals surface area contributed by atoms with Crippen LogP contribution in [0.1, 0.15) is 18.1 Å². The number of nitrogens with one attached hydrogen (secondary N) is 1. The number of thiophene rings is 1. The van der Waals surface area contributed by atoms with E-state index in [1.165, 1.54) is 11.9 Å². The lowest BCUT2D eigenvalue weighted by Crippen LogP contribution is -2.21. The molecule has 0 aliphatic heterocycles. The standard InChI is InChI=1S/C12H16BrN5S/c1-3-9-11(17-14)15-7-16-12(9)18(2)5-8-4-10(13)19-6-8/h4,6-7H,3,5,14H2,1-2H3,(H,15,16,17). The quantitative estimate of drug-likeness (QED) is 0.646. The minimum atomic E-state index is 0.686. The van der Waals surface area contributed by atoms with Gasteiger partial charge in [-0.3, -0.25) is 0 Å². The molecular formula is C12H16BrN5S. The molecule has 3 N–H and O–H groups in total. The largest absolute Gasteiger partial charge is 0.355 e. The van der Waals surface area contributed by atoms with Gasteiger partial charge in [-0.2, -0.15) is 0 Å². The third-order valence-electron chi connectivity index (χ3n) is 2.82. The number of aromatic nitrogens is 2. The van der Waals surface area contributed by atoms with Crippen molar-refractivity contribution in [2.24, 2.45) is 5.84 Å². The average molecular weight is 342 g/mol. The van der Waals surface area contributed by atoms with Crippen molar-refractivity contribution in [2.75, 3.05) is 17.4 Å². The van der Waals surface area contributed by atoms with Gasteiger partial charge >= 0.3 is 0 Å². The van der Waals surface area contributed by atoms with E-state index in [0.29, 0.717) is 5.82 Å². The molecule has 0 atom stereocenters. The maximum absolute atomic E-state index is 5.49. The molecule has 0 bridgehead atoms. The van der Waals surface area contributed by atoms with E-state index in [2.05, 4.69) is 54.6 Å². The Morgan fingerprint density at radius 1 is 1.47 bits per heavy atom. The second kappa shape index (κ2) is 6.31. The summed E-state index contributed by atoms with van der Waals surface area (Å²) in [7, 11) is 2.02. The maximum atomic E-state index is 5.49. The van der Waals surface area contributed by atoms with Gasteiger partial charge in [0.1, 0.15) is 18.0 Å². The van der Waals surface area contributed by atoms with E-state index in [9.17, 15) is 0 Å². The first-order chi connectivity index (χ1) is 9.15. The van der Waals surface area contributed by atoms with Gasteiger partial charge in [0.05, 0.1) is 3.79 Å². The normalized spacial score (nSPS) is 10.5. The monoisotopic (exact) mass is 341 g/mol. The zero-order valence-corrected chi connectivity index (χ0v) is 13.3. The Morgan fingerprint density at radius 3 is 2.84 bits per heavy atom. The zero-order valence-electron chi connectivity index (χ0n) is 10.9. The number of nitrogens with two attached hydrogens (primary N) is 1. The smallest absolute Gasteiger partial charge is 0.148 e. The molecule has 2 aromatic heterocycles. The van der Waals surface area contributed by atoms with Crippen LogP contribution >= 0.6 is 27.3 Å². The summed E-state index contributed by atoms with van der Waals surface area (Å²) in [5, 5.41) is 2.13. The van der Waals surface area contributed by atoms with E-state index in [1.807, 2.05) is 7.05 Å². The highest BCUT2D eigenvalue weighted by atomic mass is 79.9. The highest BCUT2D eigenvalue weighted by Crippen LogP contribution is 2.26. The van der Waals surface area contributed by atoms with Crippen molar-refractivity contribution in [3.63, 3.8) is 0 Å². The van der Waals surface area contributed by atoms with Gasteiger partial charge in [0.15, 0.2) is 0 Å². The molecule has 19 heavy (non-hydrogen) atoms. The van der Waals surface area contributed by atoms with Crippen LogP contribution in [0.3, 0.4) is 0 Å². The molecule has 0 spiro atoms. The lowest BCUT2D eigenvalue weighted by Gasteiger charge is -2.21. The highest BCUT2D eigenvalue weighted by molar-refractivity contribution is 9.11. The van der Waals surface area contributed by atoms with E-state index >= 15 is 0 Å². The minimum Gasteiger partial charge on any atom is -0.355 e. The number of rotatable bonds is 5. The molecule has 0 saturated heterocycles. The molecule has 0 aliphatic carbocycles. The summed E-state index contributed by atoms with van der Waals surface area (Å²) in [6.07, 6.45) is 2.36. The van der Waals surface area contributed by atoms with Crippen LogP contribution in [0.25, 0.3) is 0 Å². The lowest BCUT2D eigenvalue weighted by molar-refractivity contribution is 0.873. The Balaban J connectivity index is 2.25. The molecule has 102 valence electrons. The molecule has 0 aliphatic rings. The van der Waals surface area contributed by atoms with Crippen LogP contribution in [0.15, 0.2) is 21.6 Å². The Morgan fingerprint density at radius 2 is 2.26 bits per heavy atom. The molecular weight excluding hydrogens is 326 g/mol. The van der Waals surface area contributed by atoms with Crippen LogP contribution in [0, 0.1) is 0 Å². The van der Waals surface area contributed by atoms with E-state index < -0.39 is 0 Å². The van der Waals surface area contributed by atoms with Crippen molar-refractivity contribution in [1.29, 1.82) is 0 Å². The second-order valence-electron chi connectivity index (χ2n) is 4.14. The molecule has 0 unspecified atom stereocenters. The predicted molar refractivity (Wildman–Crippen MR) is 83.3 cm³/mol. The summed E-state index contributed by atoms with van der Waals surface area (Å²) >= 11 is 5.16. The van der Waals surface area contributed by atoms with Crippen molar-refractivity contribution in [3.8, 4) is 0 Å². The van der Waals surface area contributed by atoms with Gasteiger partial charge in [-0.1, -0.05) is 6.92 Å². The molecule has 2 rings (SSSR count). The molecule has 0 aromatic carbocycles. The minimum absolute atomic E-state index is 0.686. The second-order valence-corrected chi connectivity index (χ2v) is 6.43. The molecule has 0 amide bonds. The van der Waals surface area contributed by atoms with Crippen LogP contribution in [0.4, 0.5) is 11.6 Å². The van der Waals surface area contributed by atoms with Crippen molar-refractivity contribution in [1.82, 2.24) is 9.97 Å². The molecule has 5 nitrogen and oxygen atoms in total. The first kappa shape index (κ1) is 14.2. The topological polar surface area (TPSA) is 67.1 Å². The number of hydrogen-bond acceptors (Lipinski definition) is 6. The average Bonchev–Trinajstić information content (AvgIpc) is 2.82. The number of anilines is 2. The Bertz CT molecular complexity index is 557. The van der Waals surface area contributed by atoms with Crippen LogP contribution in [-0.2, 0) is 13.0 Å². The number of hydrogen-bond donors (Lipinski definition) is 2. The molecule has 0 radical (unpaired) electrons. The van der Waals surface area contributed by atoms with Crippen molar-refractivity contribution < 1.29 is 0 Å². The van der Waals surface area contributed by atoms with Gasteiger partial charge in [0.2, 0.25) is 0 Å². The van der Waals surface area contributed by atoms with Gasteiger partial charge in [0, 0.05) is 19.2 Å². The van der Waals surface area contributed by atoms with Gasteiger partial charge in [0.25, 0.3) is 0 Å². The summed E-state index contributed by atoms with van der Waals surface area (Å²) in [6, 6.07) is 2.12. The van der Waals surface area contributed by atoms with Gasteiger partial charge < -0.3 is 10.3 Å². The molecule has 7 heteroatoms. The molecule has 0 fully saturated rings. The highest BCUT2D eigenvalue weighted by Gasteiger charge is 2.13. The number of halogens is 1. The molecule has 2 heterocycles. The summed E-state index contributed by atoms with van der Waals surface area (Å²) < 4.78 is 1.14. The maximum Gasteiger partial charge on any atom is 0.148 e. The van der Waals surface area contributed by atoms with Gasteiger partial charge in [-0.05, 0) is 39.4 Å². The first-order valence-electron chi connectivity index (χ1n) is 5.90. The van der Waals surface area contributed by atoms with Crippen molar-refractivity contribution in [2.45, 2.75) is 19.9 Å². The zero-order chi connectivity index (χ0) is 13.8. The number of nitrogens with zero attached hydrogens (tertiary/aromatic N) is 3. The SMILES string of the molecule is CCc1c(NN)ncnc1N(C)Cc1csc(Br)c1. The third-order valence-corrected chi connectivity index (χ3v) is 4.37.